The Morgan fingerprint density at radius 2 is 1.20 bits per heavy atom. The summed E-state index contributed by atoms with van der Waals surface area (Å²) in [5, 5.41) is 9.17. The van der Waals surface area contributed by atoms with Gasteiger partial charge in [-0.05, 0) is 65.5 Å². The lowest BCUT2D eigenvalue weighted by atomic mass is 9.94. The molecular formula is C44H81N3O7. The molecule has 1 aromatic rings. The number of unbranched alkanes of at least 4 members (excludes halogenated alkanes) is 16. The number of hydrogen-bond donors (Lipinski definition) is 1. The van der Waals surface area contributed by atoms with Crippen LogP contribution in [0.15, 0.2) is 21.9 Å². The molecule has 10 heteroatoms. The molecule has 1 aromatic heterocycles. The van der Waals surface area contributed by atoms with Crippen LogP contribution in [0, 0.1) is 5.92 Å². The number of aliphatic carboxylic acids is 1. The largest absolute Gasteiger partial charge is 0.481 e. The average Bonchev–Trinajstić information content (AvgIpc) is 3.59. The zero-order valence-corrected chi connectivity index (χ0v) is 35.5. The summed E-state index contributed by atoms with van der Waals surface area (Å²) in [5.74, 6) is -1.19. The van der Waals surface area contributed by atoms with E-state index in [1.54, 1.807) is 0 Å². The molecule has 1 aliphatic heterocycles. The second kappa shape index (κ2) is 31.7. The van der Waals surface area contributed by atoms with Crippen LogP contribution in [0.1, 0.15) is 201 Å². The van der Waals surface area contributed by atoms with Crippen molar-refractivity contribution in [1.29, 1.82) is 0 Å². The minimum atomic E-state index is -0.583. The summed E-state index contributed by atoms with van der Waals surface area (Å²) in [6.07, 6.45) is 29.7. The standard InChI is InChI=1S/C28H49N3O5.C16H32O2/c1-5-7-9-11-12-14-16-23(15-13-10-8-6-2)36-27(33)22-31-25(32)19-20-30(28(31)34)26-18-17-24(35-26)21-29(3)4;1-3-5-7-9-10-12-14-15(16(17)18)13-11-8-6-4-2/h19-20,23-24,26H,5-18,21-22H2,1-4H3;15H,3-14H2,1-2H3,(H,17,18). The highest BCUT2D eigenvalue weighted by molar-refractivity contribution is 5.70. The number of carbonyl (C=O) groups is 2. The number of nitrogens with zero attached hydrogens (tertiary/aromatic N) is 3. The molecule has 0 aromatic carbocycles. The molecule has 2 heterocycles. The van der Waals surface area contributed by atoms with E-state index in [1.807, 2.05) is 14.1 Å². The number of rotatable bonds is 31. The molecule has 10 nitrogen and oxygen atoms in total. The van der Waals surface area contributed by atoms with Crippen molar-refractivity contribution in [3.05, 3.63) is 33.1 Å². The predicted molar refractivity (Wildman–Crippen MR) is 221 cm³/mol. The van der Waals surface area contributed by atoms with E-state index >= 15 is 0 Å². The fourth-order valence-corrected chi connectivity index (χ4v) is 7.27. The number of carboxylic acids is 1. The molecule has 2 rings (SSSR count). The SMILES string of the molecule is CCCCCCCCC(CCCCCC)C(=O)O.CCCCCCCCC(CCCCCC)OC(=O)Cn1c(=O)ccn(C2CCC(CN(C)C)O2)c1=O. The number of ether oxygens (including phenoxy) is 2. The van der Waals surface area contributed by atoms with Gasteiger partial charge in [0, 0.05) is 18.8 Å². The predicted octanol–water partition coefficient (Wildman–Crippen LogP) is 10.3. The lowest BCUT2D eigenvalue weighted by molar-refractivity contribution is -0.151. The fourth-order valence-electron chi connectivity index (χ4n) is 7.27. The van der Waals surface area contributed by atoms with Crippen molar-refractivity contribution < 1.29 is 24.2 Å². The van der Waals surface area contributed by atoms with Gasteiger partial charge in [-0.3, -0.25) is 19.0 Å². The minimum Gasteiger partial charge on any atom is -0.481 e. The summed E-state index contributed by atoms with van der Waals surface area (Å²) in [7, 11) is 3.97. The summed E-state index contributed by atoms with van der Waals surface area (Å²) in [4.78, 5) is 51.6. The molecule has 314 valence electrons. The van der Waals surface area contributed by atoms with Gasteiger partial charge in [-0.15, -0.1) is 0 Å². The monoisotopic (exact) mass is 764 g/mol. The van der Waals surface area contributed by atoms with Crippen LogP contribution in [0.5, 0.6) is 0 Å². The van der Waals surface area contributed by atoms with E-state index in [0.717, 1.165) is 88.2 Å². The van der Waals surface area contributed by atoms with Gasteiger partial charge in [0.15, 0.2) is 0 Å². The quantitative estimate of drug-likeness (QED) is 0.0586. The van der Waals surface area contributed by atoms with Gasteiger partial charge in [-0.1, -0.05) is 143 Å². The number of esters is 1. The molecule has 1 saturated heterocycles. The molecule has 0 radical (unpaired) electrons. The number of hydrogen-bond acceptors (Lipinski definition) is 7. The number of likely N-dealkylation sites (N-methyl/N-ethyl adjacent to an activating group) is 1. The molecule has 1 N–H and O–H groups in total. The smallest absolute Gasteiger partial charge is 0.333 e. The molecular weight excluding hydrogens is 682 g/mol. The van der Waals surface area contributed by atoms with Gasteiger partial charge in [0.25, 0.3) is 5.56 Å². The van der Waals surface area contributed by atoms with E-state index in [2.05, 4.69) is 32.6 Å². The summed E-state index contributed by atoms with van der Waals surface area (Å²) in [6, 6.07) is 1.33. The highest BCUT2D eigenvalue weighted by Crippen LogP contribution is 2.27. The maximum atomic E-state index is 13.1. The first kappa shape index (κ1) is 49.6. The summed E-state index contributed by atoms with van der Waals surface area (Å²) in [6.45, 7) is 9.20. The Morgan fingerprint density at radius 1 is 0.741 bits per heavy atom. The van der Waals surface area contributed by atoms with E-state index in [0.29, 0.717) is 6.42 Å². The summed E-state index contributed by atoms with van der Waals surface area (Å²) >= 11 is 0. The zero-order chi connectivity index (χ0) is 40.0. The molecule has 4 unspecified atom stereocenters. The molecule has 0 aliphatic carbocycles. The fraction of sp³-hybridized carbons (Fsp3) is 0.864. The molecule has 1 fully saturated rings. The first-order valence-corrected chi connectivity index (χ1v) is 22.1. The third-order valence-electron chi connectivity index (χ3n) is 10.6. The Bertz CT molecular complexity index is 1210. The van der Waals surface area contributed by atoms with Crippen molar-refractivity contribution in [2.75, 3.05) is 20.6 Å². The van der Waals surface area contributed by atoms with E-state index < -0.39 is 29.4 Å². The van der Waals surface area contributed by atoms with Gasteiger partial charge in [-0.25, -0.2) is 9.36 Å². The van der Waals surface area contributed by atoms with Crippen LogP contribution < -0.4 is 11.2 Å². The second-order valence-corrected chi connectivity index (χ2v) is 15.9. The molecule has 0 amide bonds. The highest BCUT2D eigenvalue weighted by Gasteiger charge is 2.28. The van der Waals surface area contributed by atoms with Crippen LogP contribution in [0.3, 0.4) is 0 Å². The number of aromatic nitrogens is 2. The van der Waals surface area contributed by atoms with Gasteiger partial charge in [-0.2, -0.15) is 0 Å². The van der Waals surface area contributed by atoms with E-state index in [-0.39, 0.29) is 24.7 Å². The Hall–Kier alpha value is -2.46. The Kier molecular flexibility index (Phi) is 29.1. The Balaban J connectivity index is 0.000000682. The Morgan fingerprint density at radius 3 is 1.69 bits per heavy atom. The molecule has 54 heavy (non-hydrogen) atoms. The summed E-state index contributed by atoms with van der Waals surface area (Å²) < 4.78 is 14.3. The summed E-state index contributed by atoms with van der Waals surface area (Å²) in [5.41, 5.74) is -1.02. The van der Waals surface area contributed by atoms with E-state index in [4.69, 9.17) is 9.47 Å². The topological polar surface area (TPSA) is 120 Å². The van der Waals surface area contributed by atoms with Crippen LogP contribution in [0.25, 0.3) is 0 Å². The van der Waals surface area contributed by atoms with E-state index in [9.17, 15) is 24.3 Å². The van der Waals surface area contributed by atoms with Crippen LogP contribution in [0.2, 0.25) is 0 Å². The van der Waals surface area contributed by atoms with Crippen molar-refractivity contribution >= 4 is 11.9 Å². The van der Waals surface area contributed by atoms with Crippen molar-refractivity contribution in [2.24, 2.45) is 5.92 Å². The lowest BCUT2D eigenvalue weighted by Gasteiger charge is -2.20. The molecule has 0 bridgehead atoms. The minimum absolute atomic E-state index is 0.0395. The van der Waals surface area contributed by atoms with Gasteiger partial charge in [0.1, 0.15) is 18.9 Å². The van der Waals surface area contributed by atoms with Gasteiger partial charge >= 0.3 is 17.6 Å². The molecule has 0 spiro atoms. The highest BCUT2D eigenvalue weighted by atomic mass is 16.5. The van der Waals surface area contributed by atoms with Gasteiger partial charge < -0.3 is 19.5 Å². The zero-order valence-electron chi connectivity index (χ0n) is 35.5. The van der Waals surface area contributed by atoms with Crippen molar-refractivity contribution in [2.45, 2.75) is 220 Å². The number of carbonyl (C=O) groups excluding carboxylic acids is 1. The maximum Gasteiger partial charge on any atom is 0.333 e. The third-order valence-corrected chi connectivity index (χ3v) is 10.6. The van der Waals surface area contributed by atoms with Crippen LogP contribution in [-0.4, -0.2) is 63.9 Å². The lowest BCUT2D eigenvalue weighted by Crippen LogP contribution is -2.42. The Labute approximate surface area is 328 Å². The van der Waals surface area contributed by atoms with Crippen LogP contribution >= 0.6 is 0 Å². The second-order valence-electron chi connectivity index (χ2n) is 15.9. The van der Waals surface area contributed by atoms with Gasteiger partial charge in [0.2, 0.25) is 0 Å². The first-order valence-electron chi connectivity index (χ1n) is 22.1. The third kappa shape index (κ3) is 22.8. The van der Waals surface area contributed by atoms with Crippen LogP contribution in [0.4, 0.5) is 0 Å². The van der Waals surface area contributed by atoms with Gasteiger partial charge in [0.05, 0.1) is 12.0 Å². The normalized spacial score (nSPS) is 16.6. The van der Waals surface area contributed by atoms with E-state index in [1.165, 1.54) is 100 Å². The first-order chi connectivity index (χ1) is 26.1. The number of carboxylic acid groups (broad SMARTS) is 1. The van der Waals surface area contributed by atoms with Crippen molar-refractivity contribution in [1.82, 2.24) is 14.0 Å². The van der Waals surface area contributed by atoms with Crippen molar-refractivity contribution in [3.63, 3.8) is 0 Å². The molecule has 1 aliphatic rings. The average molecular weight is 764 g/mol. The van der Waals surface area contributed by atoms with Crippen LogP contribution in [-0.2, 0) is 25.6 Å². The molecule has 4 atom stereocenters. The molecule has 0 saturated carbocycles. The maximum absolute atomic E-state index is 13.1. The van der Waals surface area contributed by atoms with Crippen molar-refractivity contribution in [3.8, 4) is 0 Å².